The van der Waals surface area contributed by atoms with Crippen LogP contribution < -0.4 is 0 Å². The van der Waals surface area contributed by atoms with Crippen molar-refractivity contribution < 1.29 is 46.9 Å². The van der Waals surface area contributed by atoms with Crippen molar-refractivity contribution in [2.24, 2.45) is 35.5 Å². The lowest BCUT2D eigenvalue weighted by Gasteiger charge is -2.37. The summed E-state index contributed by atoms with van der Waals surface area (Å²) in [6, 6.07) is -0.504. The summed E-state index contributed by atoms with van der Waals surface area (Å²) in [5, 5.41) is 0. The van der Waals surface area contributed by atoms with E-state index in [0.717, 1.165) is 32.1 Å². The molecule has 6 fully saturated rings. The molecule has 10 atom stereocenters. The molecule has 3 aliphatic carbocycles. The molecule has 10 unspecified atom stereocenters. The highest BCUT2D eigenvalue weighted by Gasteiger charge is 2.71. The summed E-state index contributed by atoms with van der Waals surface area (Å²) in [6.07, 6.45) is 4.39. The molecular weight excluding hydrogens is 528 g/mol. The van der Waals surface area contributed by atoms with Gasteiger partial charge in [-0.1, -0.05) is 6.42 Å². The Morgan fingerprint density at radius 1 is 0.925 bits per heavy atom. The molecule has 9 nitrogen and oxygen atoms in total. The van der Waals surface area contributed by atoms with Crippen LogP contribution in [0.15, 0.2) is 0 Å². The van der Waals surface area contributed by atoms with Crippen LogP contribution in [0.2, 0.25) is 0 Å². The van der Waals surface area contributed by atoms with Gasteiger partial charge < -0.3 is 23.8 Å². The maximum atomic E-state index is 13.7. The average molecular weight is 568 g/mol. The van der Waals surface area contributed by atoms with Crippen molar-refractivity contribution in [1.29, 1.82) is 0 Å². The minimum Gasteiger partial charge on any atom is -0.462 e. The van der Waals surface area contributed by atoms with E-state index in [0.29, 0.717) is 26.2 Å². The molecular formula is C29H39F2NO8. The lowest BCUT2D eigenvalue weighted by atomic mass is 9.77. The van der Waals surface area contributed by atoms with Gasteiger partial charge in [0.1, 0.15) is 12.2 Å². The van der Waals surface area contributed by atoms with Gasteiger partial charge in [-0.3, -0.25) is 19.2 Å². The molecule has 3 saturated carbocycles. The quantitative estimate of drug-likeness (QED) is 0.325. The van der Waals surface area contributed by atoms with Crippen LogP contribution in [0.4, 0.5) is 8.78 Å². The topological polar surface area (TPSA) is 108 Å². The Balaban J connectivity index is 1.22. The first-order valence-corrected chi connectivity index (χ1v) is 14.9. The normalized spacial score (nSPS) is 40.2. The Hall–Kier alpha value is -2.30. The molecule has 0 spiro atoms. The van der Waals surface area contributed by atoms with Gasteiger partial charge in [-0.25, -0.2) is 8.78 Å². The molecule has 3 saturated heterocycles. The third-order valence-electron chi connectivity index (χ3n) is 10.1. The molecule has 1 amide bonds. The third kappa shape index (κ3) is 4.60. The summed E-state index contributed by atoms with van der Waals surface area (Å²) in [6.45, 7) is 3.39. The molecule has 0 aromatic carbocycles. The lowest BCUT2D eigenvalue weighted by Crippen LogP contribution is -2.50. The molecule has 3 aliphatic heterocycles. The molecule has 0 N–H and O–H groups in total. The number of hydrogen-bond donors (Lipinski definition) is 0. The molecule has 40 heavy (non-hydrogen) atoms. The van der Waals surface area contributed by atoms with E-state index in [4.69, 9.17) is 18.9 Å². The predicted molar refractivity (Wildman–Crippen MR) is 134 cm³/mol. The number of esters is 3. The fourth-order valence-corrected chi connectivity index (χ4v) is 8.63. The number of carbonyl (C=O) groups excluding carboxylic acids is 4. The van der Waals surface area contributed by atoms with E-state index in [-0.39, 0.29) is 41.9 Å². The van der Waals surface area contributed by atoms with Gasteiger partial charge in [-0.05, 0) is 64.7 Å². The Kier molecular flexibility index (Phi) is 7.11. The third-order valence-corrected chi connectivity index (χ3v) is 10.1. The smallest absolute Gasteiger partial charge is 0.312 e. The lowest BCUT2D eigenvalue weighted by molar-refractivity contribution is -0.175. The van der Waals surface area contributed by atoms with Gasteiger partial charge in [0.15, 0.2) is 6.61 Å². The summed E-state index contributed by atoms with van der Waals surface area (Å²) < 4.78 is 49.6. The fourth-order valence-electron chi connectivity index (χ4n) is 8.63. The highest BCUT2D eigenvalue weighted by Crippen LogP contribution is 2.60. The first kappa shape index (κ1) is 27.8. The van der Waals surface area contributed by atoms with Crippen LogP contribution in [0.3, 0.4) is 0 Å². The average Bonchev–Trinajstić information content (AvgIpc) is 3.69. The molecule has 222 valence electrons. The van der Waals surface area contributed by atoms with Crippen molar-refractivity contribution in [3.8, 4) is 0 Å². The number of hydrogen-bond acceptors (Lipinski definition) is 8. The van der Waals surface area contributed by atoms with E-state index in [2.05, 4.69) is 0 Å². The molecule has 0 radical (unpaired) electrons. The zero-order chi connectivity index (χ0) is 28.5. The highest BCUT2D eigenvalue weighted by atomic mass is 19.3. The second-order valence-electron chi connectivity index (χ2n) is 13.1. The molecule has 6 aliphatic rings. The number of ether oxygens (including phenoxy) is 4. The molecule has 0 aromatic rings. The Morgan fingerprint density at radius 2 is 1.55 bits per heavy atom. The van der Waals surface area contributed by atoms with Crippen LogP contribution >= 0.6 is 0 Å². The standard InChI is InChI=1S/C29H39F2NO8/c1-13(2)32-23-15-11-16(20(19(15)25(32)33)27(35)38-14-7-5-4-6-8-14)24(23)40-28(36)22-18-10-9-17(39-18)21(22)26(34)37-12-29(3,30)31/h13-24H,4-12H2,1-3H3. The van der Waals surface area contributed by atoms with Crippen molar-refractivity contribution in [3.63, 3.8) is 0 Å². The van der Waals surface area contributed by atoms with Crippen molar-refractivity contribution in [3.05, 3.63) is 0 Å². The Morgan fingerprint density at radius 3 is 2.17 bits per heavy atom. The van der Waals surface area contributed by atoms with E-state index in [9.17, 15) is 28.0 Å². The maximum Gasteiger partial charge on any atom is 0.312 e. The van der Waals surface area contributed by atoms with Crippen LogP contribution in [-0.2, 0) is 38.1 Å². The van der Waals surface area contributed by atoms with Gasteiger partial charge in [0, 0.05) is 18.9 Å². The number of alkyl halides is 2. The summed E-state index contributed by atoms with van der Waals surface area (Å²) in [5.74, 6) is -8.88. The summed E-state index contributed by atoms with van der Waals surface area (Å²) in [7, 11) is 0. The first-order chi connectivity index (χ1) is 19.0. The molecule has 0 aromatic heterocycles. The van der Waals surface area contributed by atoms with Crippen molar-refractivity contribution in [1.82, 2.24) is 4.90 Å². The van der Waals surface area contributed by atoms with E-state index in [1.54, 1.807) is 4.90 Å². The number of rotatable bonds is 8. The zero-order valence-electron chi connectivity index (χ0n) is 23.3. The number of carbonyl (C=O) groups is 4. The number of amides is 1. The van der Waals surface area contributed by atoms with Crippen LogP contribution in [0.1, 0.15) is 72.1 Å². The predicted octanol–water partition coefficient (Wildman–Crippen LogP) is 3.27. The van der Waals surface area contributed by atoms with Gasteiger partial charge in [0.2, 0.25) is 5.91 Å². The van der Waals surface area contributed by atoms with Crippen LogP contribution in [0, 0.1) is 35.5 Å². The maximum absolute atomic E-state index is 13.7. The summed E-state index contributed by atoms with van der Waals surface area (Å²) in [4.78, 5) is 55.5. The molecule has 11 heteroatoms. The summed E-state index contributed by atoms with van der Waals surface area (Å²) >= 11 is 0. The number of nitrogens with zero attached hydrogens (tertiary/aromatic N) is 1. The second-order valence-corrected chi connectivity index (χ2v) is 13.1. The van der Waals surface area contributed by atoms with Crippen molar-refractivity contribution >= 4 is 23.8 Å². The minimum atomic E-state index is -3.19. The number of fused-ring (bicyclic) bond motifs is 3. The molecule has 4 bridgehead atoms. The highest BCUT2D eigenvalue weighted by molar-refractivity contribution is 5.91. The Labute approximate surface area is 232 Å². The van der Waals surface area contributed by atoms with E-state index < -0.39 is 66.5 Å². The van der Waals surface area contributed by atoms with Crippen molar-refractivity contribution in [2.45, 2.75) is 115 Å². The minimum absolute atomic E-state index is 0.0955. The van der Waals surface area contributed by atoms with Gasteiger partial charge >= 0.3 is 17.9 Å². The van der Waals surface area contributed by atoms with E-state index in [1.807, 2.05) is 13.8 Å². The monoisotopic (exact) mass is 567 g/mol. The number of likely N-dealkylation sites (tertiary alicyclic amines) is 1. The van der Waals surface area contributed by atoms with Gasteiger partial charge in [-0.2, -0.15) is 0 Å². The van der Waals surface area contributed by atoms with Crippen LogP contribution in [0.5, 0.6) is 0 Å². The molecule has 6 rings (SSSR count). The van der Waals surface area contributed by atoms with Gasteiger partial charge in [0.25, 0.3) is 5.92 Å². The van der Waals surface area contributed by atoms with Crippen molar-refractivity contribution in [2.75, 3.05) is 6.61 Å². The van der Waals surface area contributed by atoms with Crippen LogP contribution in [-0.4, -0.2) is 77.7 Å². The van der Waals surface area contributed by atoms with Gasteiger partial charge in [0.05, 0.1) is 41.9 Å². The van der Waals surface area contributed by atoms with Crippen LogP contribution in [0.25, 0.3) is 0 Å². The zero-order valence-corrected chi connectivity index (χ0v) is 23.3. The number of halogens is 2. The fraction of sp³-hybridized carbons (Fsp3) is 0.862. The SMILES string of the molecule is CC(C)N1C(=O)C2C3CC(C(OC(=O)C4C5CCC(O5)C4C(=O)OCC(C)(F)F)C31)C2C(=O)OC1CCCCC1. The largest absolute Gasteiger partial charge is 0.462 e. The summed E-state index contributed by atoms with van der Waals surface area (Å²) in [5.41, 5.74) is 0. The van der Waals surface area contributed by atoms with Gasteiger partial charge in [-0.15, -0.1) is 0 Å². The first-order valence-electron chi connectivity index (χ1n) is 14.9. The van der Waals surface area contributed by atoms with E-state index >= 15 is 0 Å². The van der Waals surface area contributed by atoms with E-state index in [1.165, 1.54) is 0 Å². The molecule has 3 heterocycles. The Bertz CT molecular complexity index is 1060. The second kappa shape index (κ2) is 10.2.